The molecule has 0 aliphatic carbocycles. The van der Waals surface area contributed by atoms with Gasteiger partial charge in [-0.1, -0.05) is 0 Å². The van der Waals surface area contributed by atoms with Crippen LogP contribution in [0, 0.1) is 11.3 Å². The minimum Gasteiger partial charge on any atom is -0.259 e. The van der Waals surface area contributed by atoms with Gasteiger partial charge in [0.25, 0.3) is 0 Å². The number of fused-ring (bicyclic) bond motifs is 1. The summed E-state index contributed by atoms with van der Waals surface area (Å²) >= 11 is 1.85. The van der Waals surface area contributed by atoms with Gasteiger partial charge in [0.05, 0.1) is 11.3 Å². The van der Waals surface area contributed by atoms with Crippen LogP contribution in [0.4, 0.5) is 0 Å². The summed E-state index contributed by atoms with van der Waals surface area (Å²) in [5, 5.41) is 8.57. The molecule has 0 radical (unpaired) electrons. The number of nitrogens with zero attached hydrogens (tertiary/aromatic N) is 2. The van der Waals surface area contributed by atoms with Gasteiger partial charge in [-0.3, -0.25) is 4.98 Å². The Morgan fingerprint density at radius 1 is 1.55 bits per heavy atom. The van der Waals surface area contributed by atoms with Crippen LogP contribution in [-0.4, -0.2) is 4.98 Å². The second-order valence-corrected chi connectivity index (χ2v) is 3.42. The number of rotatable bonds is 0. The average molecular weight is 162 g/mol. The van der Waals surface area contributed by atoms with Crippen LogP contribution in [0.15, 0.2) is 12.3 Å². The summed E-state index contributed by atoms with van der Waals surface area (Å²) in [7, 11) is 0. The molecule has 1 aliphatic rings. The molecule has 0 spiro atoms. The third kappa shape index (κ3) is 1.10. The van der Waals surface area contributed by atoms with E-state index in [1.807, 2.05) is 17.8 Å². The summed E-state index contributed by atoms with van der Waals surface area (Å²) in [6.45, 7) is 0. The van der Waals surface area contributed by atoms with E-state index in [2.05, 4.69) is 11.1 Å². The second kappa shape index (κ2) is 2.55. The minimum atomic E-state index is 0.672. The maximum Gasteiger partial charge on any atom is 0.101 e. The lowest BCUT2D eigenvalue weighted by Gasteiger charge is -1.94. The SMILES string of the molecule is N#Cc1cnc2c(c1)CSC2. The van der Waals surface area contributed by atoms with Crippen molar-refractivity contribution in [1.29, 1.82) is 5.26 Å². The van der Waals surface area contributed by atoms with Gasteiger partial charge in [0.2, 0.25) is 0 Å². The first kappa shape index (κ1) is 6.68. The van der Waals surface area contributed by atoms with Crippen molar-refractivity contribution < 1.29 is 0 Å². The van der Waals surface area contributed by atoms with Gasteiger partial charge in [-0.2, -0.15) is 17.0 Å². The largest absolute Gasteiger partial charge is 0.259 e. The Hall–Kier alpha value is -1.01. The van der Waals surface area contributed by atoms with Crippen molar-refractivity contribution in [1.82, 2.24) is 4.98 Å². The summed E-state index contributed by atoms with van der Waals surface area (Å²) in [6, 6.07) is 4.02. The number of hydrogen-bond acceptors (Lipinski definition) is 3. The molecule has 0 amide bonds. The van der Waals surface area contributed by atoms with Crippen LogP contribution in [0.1, 0.15) is 16.8 Å². The van der Waals surface area contributed by atoms with E-state index >= 15 is 0 Å². The van der Waals surface area contributed by atoms with Gasteiger partial charge in [0, 0.05) is 17.7 Å². The quantitative estimate of drug-likeness (QED) is 0.582. The summed E-state index contributed by atoms with van der Waals surface area (Å²) < 4.78 is 0. The van der Waals surface area contributed by atoms with Crippen molar-refractivity contribution in [3.8, 4) is 6.07 Å². The van der Waals surface area contributed by atoms with E-state index < -0.39 is 0 Å². The molecule has 2 nitrogen and oxygen atoms in total. The number of hydrogen-bond donors (Lipinski definition) is 0. The van der Waals surface area contributed by atoms with E-state index in [4.69, 9.17) is 5.26 Å². The van der Waals surface area contributed by atoms with Crippen molar-refractivity contribution >= 4 is 11.8 Å². The van der Waals surface area contributed by atoms with Crippen molar-refractivity contribution in [3.63, 3.8) is 0 Å². The molecule has 11 heavy (non-hydrogen) atoms. The van der Waals surface area contributed by atoms with Crippen LogP contribution in [-0.2, 0) is 11.5 Å². The van der Waals surface area contributed by atoms with E-state index in [0.29, 0.717) is 5.56 Å². The van der Waals surface area contributed by atoms with Gasteiger partial charge in [-0.15, -0.1) is 0 Å². The Labute approximate surface area is 69.3 Å². The Balaban J connectivity index is 2.51. The molecule has 2 heterocycles. The summed E-state index contributed by atoms with van der Waals surface area (Å²) in [6.07, 6.45) is 1.64. The molecule has 3 heteroatoms. The first-order valence-corrected chi connectivity index (χ1v) is 4.51. The molecule has 0 saturated heterocycles. The fraction of sp³-hybridized carbons (Fsp3) is 0.250. The Bertz CT molecular complexity index is 327. The highest BCUT2D eigenvalue weighted by molar-refractivity contribution is 7.98. The molecule has 0 unspecified atom stereocenters. The van der Waals surface area contributed by atoms with Gasteiger partial charge < -0.3 is 0 Å². The van der Waals surface area contributed by atoms with Gasteiger partial charge in [-0.25, -0.2) is 0 Å². The molecule has 0 saturated carbocycles. The lowest BCUT2D eigenvalue weighted by atomic mass is 10.2. The molecule has 1 aliphatic heterocycles. The zero-order chi connectivity index (χ0) is 7.68. The lowest BCUT2D eigenvalue weighted by Crippen LogP contribution is -1.88. The van der Waals surface area contributed by atoms with Crippen molar-refractivity contribution in [2.24, 2.45) is 0 Å². The van der Waals surface area contributed by atoms with Crippen LogP contribution in [0.25, 0.3) is 0 Å². The van der Waals surface area contributed by atoms with E-state index in [1.54, 1.807) is 6.20 Å². The molecule has 0 atom stereocenters. The standard InChI is InChI=1S/C8H6N2S/c9-2-6-1-7-4-11-5-8(7)10-3-6/h1,3H,4-5H2. The molecule has 2 rings (SSSR count). The Morgan fingerprint density at radius 3 is 3.27 bits per heavy atom. The van der Waals surface area contributed by atoms with Crippen LogP contribution in [0.5, 0.6) is 0 Å². The highest BCUT2D eigenvalue weighted by Gasteiger charge is 2.12. The van der Waals surface area contributed by atoms with Crippen LogP contribution >= 0.6 is 11.8 Å². The number of aromatic nitrogens is 1. The summed E-state index contributed by atoms with van der Waals surface area (Å²) in [5.74, 6) is 2.01. The average Bonchev–Trinajstić information content (AvgIpc) is 2.50. The maximum atomic E-state index is 8.57. The first-order valence-electron chi connectivity index (χ1n) is 3.36. The molecular weight excluding hydrogens is 156 g/mol. The number of pyridine rings is 1. The highest BCUT2D eigenvalue weighted by Crippen LogP contribution is 2.28. The molecule has 1 aromatic rings. The number of nitriles is 1. The van der Waals surface area contributed by atoms with Crippen molar-refractivity contribution in [2.75, 3.05) is 0 Å². The monoisotopic (exact) mass is 162 g/mol. The molecular formula is C8H6N2S. The predicted molar refractivity (Wildman–Crippen MR) is 44.0 cm³/mol. The topological polar surface area (TPSA) is 36.7 Å². The minimum absolute atomic E-state index is 0.672. The molecule has 0 N–H and O–H groups in total. The number of thioether (sulfide) groups is 1. The zero-order valence-electron chi connectivity index (χ0n) is 5.87. The molecule has 0 aromatic carbocycles. The molecule has 0 bridgehead atoms. The van der Waals surface area contributed by atoms with Gasteiger partial charge in [-0.05, 0) is 11.6 Å². The van der Waals surface area contributed by atoms with E-state index in [-0.39, 0.29) is 0 Å². The lowest BCUT2D eigenvalue weighted by molar-refractivity contribution is 1.14. The second-order valence-electron chi connectivity index (χ2n) is 2.43. The third-order valence-corrected chi connectivity index (χ3v) is 2.68. The van der Waals surface area contributed by atoms with Gasteiger partial charge in [0.15, 0.2) is 0 Å². The smallest absolute Gasteiger partial charge is 0.101 e. The fourth-order valence-electron chi connectivity index (χ4n) is 1.11. The van der Waals surface area contributed by atoms with Crippen molar-refractivity contribution in [3.05, 3.63) is 29.1 Å². The van der Waals surface area contributed by atoms with Gasteiger partial charge >= 0.3 is 0 Å². The third-order valence-electron chi connectivity index (χ3n) is 1.69. The van der Waals surface area contributed by atoms with Crippen LogP contribution < -0.4 is 0 Å². The fourth-order valence-corrected chi connectivity index (χ4v) is 2.14. The van der Waals surface area contributed by atoms with Crippen LogP contribution in [0.3, 0.4) is 0 Å². The molecule has 0 fully saturated rings. The Morgan fingerprint density at radius 2 is 2.45 bits per heavy atom. The van der Waals surface area contributed by atoms with Crippen LogP contribution in [0.2, 0.25) is 0 Å². The molecule has 1 aromatic heterocycles. The maximum absolute atomic E-state index is 8.57. The summed E-state index contributed by atoms with van der Waals surface area (Å²) in [5.41, 5.74) is 3.05. The Kier molecular flexibility index (Phi) is 1.55. The zero-order valence-corrected chi connectivity index (χ0v) is 6.69. The van der Waals surface area contributed by atoms with E-state index in [0.717, 1.165) is 17.2 Å². The molecule has 54 valence electrons. The van der Waals surface area contributed by atoms with E-state index in [9.17, 15) is 0 Å². The predicted octanol–water partition coefficient (Wildman–Crippen LogP) is 1.70. The van der Waals surface area contributed by atoms with E-state index in [1.165, 1.54) is 5.56 Å². The van der Waals surface area contributed by atoms with Crippen molar-refractivity contribution in [2.45, 2.75) is 11.5 Å². The normalized spacial score (nSPS) is 14.1. The van der Waals surface area contributed by atoms with Gasteiger partial charge in [0.1, 0.15) is 6.07 Å². The first-order chi connectivity index (χ1) is 5.40. The summed E-state index contributed by atoms with van der Waals surface area (Å²) in [4.78, 5) is 4.19. The highest BCUT2D eigenvalue weighted by atomic mass is 32.2.